The smallest absolute Gasteiger partial charge is 0.143 e. The normalized spacial score (nSPS) is 12.9. The lowest BCUT2D eigenvalue weighted by Crippen LogP contribution is -2.15. The molecule has 0 fully saturated rings. The first-order valence-electron chi connectivity index (χ1n) is 5.31. The highest BCUT2D eigenvalue weighted by molar-refractivity contribution is 9.10. The zero-order chi connectivity index (χ0) is 12.3. The van der Waals surface area contributed by atoms with Crippen LogP contribution in [0.2, 0.25) is 0 Å². The van der Waals surface area contributed by atoms with E-state index >= 15 is 0 Å². The molecule has 1 aromatic rings. The lowest BCUT2D eigenvalue weighted by molar-refractivity contribution is 0.194. The van der Waals surface area contributed by atoms with Gasteiger partial charge in [-0.15, -0.1) is 0 Å². The molecule has 1 unspecified atom stereocenters. The summed E-state index contributed by atoms with van der Waals surface area (Å²) in [6.07, 6.45) is 1.01. The summed E-state index contributed by atoms with van der Waals surface area (Å²) in [5.41, 5.74) is 6.01. The summed E-state index contributed by atoms with van der Waals surface area (Å²) in [5.74, 6) is 0.711. The molecule has 0 saturated carbocycles. The molecule has 90 valence electrons. The van der Waals surface area contributed by atoms with E-state index < -0.39 is 0 Å². The Balaban J connectivity index is 2.77. The number of anilines is 1. The fourth-order valence-electron chi connectivity index (χ4n) is 1.57. The zero-order valence-corrected chi connectivity index (χ0v) is 11.3. The lowest BCUT2D eigenvalue weighted by Gasteiger charge is -2.18. The molecule has 1 aromatic carbocycles. The van der Waals surface area contributed by atoms with Gasteiger partial charge in [-0.05, 0) is 41.3 Å². The average Bonchev–Trinajstić information content (AvgIpc) is 2.12. The van der Waals surface area contributed by atoms with Gasteiger partial charge in [0.25, 0.3) is 0 Å². The summed E-state index contributed by atoms with van der Waals surface area (Å²) in [6, 6.07) is 2.84. The first kappa shape index (κ1) is 13.3. The van der Waals surface area contributed by atoms with E-state index in [9.17, 15) is 4.39 Å². The highest BCUT2D eigenvalue weighted by atomic mass is 79.9. The molecular formula is C12H17BrFNO. The zero-order valence-electron chi connectivity index (χ0n) is 9.76. The van der Waals surface area contributed by atoms with E-state index in [1.807, 2.05) is 6.92 Å². The van der Waals surface area contributed by atoms with Crippen molar-refractivity contribution in [3.05, 3.63) is 22.4 Å². The van der Waals surface area contributed by atoms with Crippen molar-refractivity contribution >= 4 is 21.6 Å². The Labute approximate surface area is 104 Å². The molecular weight excluding hydrogens is 273 g/mol. The van der Waals surface area contributed by atoms with Gasteiger partial charge in [0.05, 0.1) is 16.3 Å². The molecule has 0 aliphatic carbocycles. The van der Waals surface area contributed by atoms with Gasteiger partial charge in [-0.3, -0.25) is 0 Å². The van der Waals surface area contributed by atoms with Crippen molar-refractivity contribution in [2.24, 2.45) is 5.92 Å². The van der Waals surface area contributed by atoms with Crippen molar-refractivity contribution in [1.82, 2.24) is 0 Å². The summed E-state index contributed by atoms with van der Waals surface area (Å²) >= 11 is 3.11. The molecule has 0 radical (unpaired) electrons. The summed E-state index contributed by atoms with van der Waals surface area (Å²) in [6.45, 7) is 6.24. The summed E-state index contributed by atoms with van der Waals surface area (Å²) < 4.78 is 19.2. The Hall–Kier alpha value is -0.770. The third kappa shape index (κ3) is 3.67. The molecule has 0 aromatic heterocycles. The molecule has 0 aliphatic rings. The number of nitrogen functional groups attached to an aromatic ring is 1. The number of halogens is 2. The molecule has 0 amide bonds. The largest absolute Gasteiger partial charge is 0.489 e. The predicted molar refractivity (Wildman–Crippen MR) is 68.1 cm³/mol. The second-order valence-corrected chi connectivity index (χ2v) is 5.22. The van der Waals surface area contributed by atoms with Crippen LogP contribution in [-0.2, 0) is 0 Å². The van der Waals surface area contributed by atoms with Gasteiger partial charge < -0.3 is 10.5 Å². The minimum atomic E-state index is -0.374. The quantitative estimate of drug-likeness (QED) is 0.851. The van der Waals surface area contributed by atoms with E-state index in [1.54, 1.807) is 6.07 Å². The SMILES string of the molecule is CC(C)CC(C)Oc1cc(Br)c(F)cc1N. The van der Waals surface area contributed by atoms with Gasteiger partial charge >= 0.3 is 0 Å². The third-order valence-corrected chi connectivity index (χ3v) is 2.79. The number of hydrogen-bond acceptors (Lipinski definition) is 2. The molecule has 16 heavy (non-hydrogen) atoms. The number of nitrogens with two attached hydrogens (primary N) is 1. The lowest BCUT2D eigenvalue weighted by atomic mass is 10.1. The fraction of sp³-hybridized carbons (Fsp3) is 0.500. The van der Waals surface area contributed by atoms with Crippen LogP contribution in [-0.4, -0.2) is 6.10 Å². The molecule has 4 heteroatoms. The predicted octanol–water partition coefficient (Wildman–Crippen LogP) is 3.98. The Morgan fingerprint density at radius 2 is 2.00 bits per heavy atom. The second-order valence-electron chi connectivity index (χ2n) is 4.36. The fourth-order valence-corrected chi connectivity index (χ4v) is 1.90. The van der Waals surface area contributed by atoms with Crippen molar-refractivity contribution < 1.29 is 9.13 Å². The Kier molecular flexibility index (Phi) is 4.59. The highest BCUT2D eigenvalue weighted by Crippen LogP contribution is 2.29. The third-order valence-electron chi connectivity index (χ3n) is 2.18. The van der Waals surface area contributed by atoms with Crippen molar-refractivity contribution in [3.63, 3.8) is 0 Å². The monoisotopic (exact) mass is 289 g/mol. The van der Waals surface area contributed by atoms with Crippen LogP contribution in [0.25, 0.3) is 0 Å². The molecule has 0 bridgehead atoms. The van der Waals surface area contributed by atoms with Crippen LogP contribution in [0.4, 0.5) is 10.1 Å². The van der Waals surface area contributed by atoms with Gasteiger partial charge in [0.1, 0.15) is 11.6 Å². The standard InChI is InChI=1S/C12H17BrFNO/c1-7(2)4-8(3)16-12-5-9(13)10(14)6-11(12)15/h5-8H,4,15H2,1-3H3. The number of benzene rings is 1. The molecule has 1 atom stereocenters. The Morgan fingerprint density at radius 1 is 1.38 bits per heavy atom. The maximum atomic E-state index is 13.1. The van der Waals surface area contributed by atoms with Crippen LogP contribution in [0.1, 0.15) is 27.2 Å². The molecule has 2 N–H and O–H groups in total. The highest BCUT2D eigenvalue weighted by Gasteiger charge is 2.11. The molecule has 1 rings (SSSR count). The van der Waals surface area contributed by atoms with Crippen molar-refractivity contribution in [3.8, 4) is 5.75 Å². The van der Waals surface area contributed by atoms with Gasteiger partial charge in [0.2, 0.25) is 0 Å². The van der Waals surface area contributed by atoms with Gasteiger partial charge in [-0.1, -0.05) is 13.8 Å². The Bertz CT molecular complexity index is 368. The molecule has 0 heterocycles. The first-order valence-corrected chi connectivity index (χ1v) is 6.10. The maximum absolute atomic E-state index is 13.1. The molecule has 0 saturated heterocycles. The van der Waals surface area contributed by atoms with Gasteiger partial charge in [-0.25, -0.2) is 4.39 Å². The van der Waals surface area contributed by atoms with E-state index in [4.69, 9.17) is 10.5 Å². The number of hydrogen-bond donors (Lipinski definition) is 1. The van der Waals surface area contributed by atoms with Crippen molar-refractivity contribution in [2.45, 2.75) is 33.3 Å². The summed E-state index contributed by atoms with van der Waals surface area (Å²) in [5, 5.41) is 0. The van der Waals surface area contributed by atoms with Crippen LogP contribution in [0.15, 0.2) is 16.6 Å². The van der Waals surface area contributed by atoms with E-state index in [2.05, 4.69) is 29.8 Å². The average molecular weight is 290 g/mol. The molecule has 2 nitrogen and oxygen atoms in total. The topological polar surface area (TPSA) is 35.2 Å². The Morgan fingerprint density at radius 3 is 2.56 bits per heavy atom. The maximum Gasteiger partial charge on any atom is 0.143 e. The summed E-state index contributed by atoms with van der Waals surface area (Å²) in [7, 11) is 0. The number of rotatable bonds is 4. The van der Waals surface area contributed by atoms with E-state index in [0.29, 0.717) is 21.8 Å². The van der Waals surface area contributed by atoms with Gasteiger partial charge in [0.15, 0.2) is 0 Å². The van der Waals surface area contributed by atoms with Crippen LogP contribution in [0.3, 0.4) is 0 Å². The van der Waals surface area contributed by atoms with E-state index in [-0.39, 0.29) is 11.9 Å². The minimum Gasteiger partial charge on any atom is -0.489 e. The first-order chi connectivity index (χ1) is 7.40. The van der Waals surface area contributed by atoms with Gasteiger partial charge in [-0.2, -0.15) is 0 Å². The molecule has 0 aliphatic heterocycles. The van der Waals surface area contributed by atoms with Crippen LogP contribution >= 0.6 is 15.9 Å². The van der Waals surface area contributed by atoms with Crippen molar-refractivity contribution in [1.29, 1.82) is 0 Å². The number of ether oxygens (including phenoxy) is 1. The van der Waals surface area contributed by atoms with Crippen molar-refractivity contribution in [2.75, 3.05) is 5.73 Å². The minimum absolute atomic E-state index is 0.0691. The second kappa shape index (κ2) is 5.53. The van der Waals surface area contributed by atoms with E-state index in [0.717, 1.165) is 6.42 Å². The van der Waals surface area contributed by atoms with E-state index in [1.165, 1.54) is 6.07 Å². The molecule has 0 spiro atoms. The van der Waals surface area contributed by atoms with Crippen LogP contribution in [0, 0.1) is 11.7 Å². The van der Waals surface area contributed by atoms with Gasteiger partial charge in [0, 0.05) is 6.07 Å². The van der Waals surface area contributed by atoms with Crippen LogP contribution < -0.4 is 10.5 Å². The van der Waals surface area contributed by atoms with Crippen LogP contribution in [0.5, 0.6) is 5.75 Å². The summed E-state index contributed by atoms with van der Waals surface area (Å²) in [4.78, 5) is 0.